The number of carbonyl (C=O) groups excluding carboxylic acids is 1. The molecule has 0 atom stereocenters. The molecule has 0 bridgehead atoms. The molecule has 0 aliphatic carbocycles. The minimum absolute atomic E-state index is 0.00388. The highest BCUT2D eigenvalue weighted by Gasteiger charge is 2.19. The number of morpholine rings is 1. The van der Waals surface area contributed by atoms with E-state index in [1.165, 1.54) is 37.6 Å². The van der Waals surface area contributed by atoms with Crippen LogP contribution in [0.1, 0.15) is 13.3 Å². The van der Waals surface area contributed by atoms with E-state index >= 15 is 4.39 Å². The van der Waals surface area contributed by atoms with Gasteiger partial charge < -0.3 is 23.7 Å². The number of rotatable bonds is 12. The Morgan fingerprint density at radius 3 is 2.45 bits per heavy atom. The van der Waals surface area contributed by atoms with Gasteiger partial charge in [0.1, 0.15) is 11.6 Å². The highest BCUT2D eigenvalue weighted by molar-refractivity contribution is 5.89. The molecule has 51 heavy (non-hydrogen) atoms. The summed E-state index contributed by atoms with van der Waals surface area (Å²) in [5.74, 6) is -0.682. The van der Waals surface area contributed by atoms with Gasteiger partial charge in [-0.1, -0.05) is 0 Å². The van der Waals surface area contributed by atoms with E-state index in [-0.39, 0.29) is 23.7 Å². The number of carbonyl (C=O) groups is 1. The van der Waals surface area contributed by atoms with Crippen LogP contribution in [0.25, 0.3) is 16.6 Å². The summed E-state index contributed by atoms with van der Waals surface area (Å²) >= 11 is 0. The topological polar surface area (TPSA) is 135 Å². The SMILES string of the molecule is CCn1cc(OC(=O)Nc2ccc(Oc3ccnc4cc(OCCCN5CCOCC5)c(OC)cc34)c(F)c2)c(=O)n(-c2ccc(F)cc2)c1=O. The minimum Gasteiger partial charge on any atom is -0.493 e. The van der Waals surface area contributed by atoms with Crippen LogP contribution < -0.4 is 35.5 Å². The quantitative estimate of drug-likeness (QED) is 0.169. The van der Waals surface area contributed by atoms with Crippen molar-refractivity contribution < 1.29 is 37.3 Å². The molecule has 1 N–H and O–H groups in total. The van der Waals surface area contributed by atoms with Gasteiger partial charge in [-0.05, 0) is 61.9 Å². The second-order valence-corrected chi connectivity index (χ2v) is 11.4. The summed E-state index contributed by atoms with van der Waals surface area (Å²) in [6.07, 6.45) is 2.34. The summed E-state index contributed by atoms with van der Waals surface area (Å²) in [7, 11) is 1.52. The number of hydrogen-bond acceptors (Lipinski definition) is 10. The Labute approximate surface area is 290 Å². The molecule has 6 rings (SSSR count). The third-order valence-electron chi connectivity index (χ3n) is 8.12. The van der Waals surface area contributed by atoms with Gasteiger partial charge in [-0.25, -0.2) is 22.9 Å². The molecular formula is C36H35F2N5O8. The van der Waals surface area contributed by atoms with E-state index in [0.29, 0.717) is 34.8 Å². The number of aromatic nitrogens is 3. The maximum absolute atomic E-state index is 15.3. The Hall–Kier alpha value is -5.80. The summed E-state index contributed by atoms with van der Waals surface area (Å²) in [6.45, 7) is 6.46. The zero-order valence-corrected chi connectivity index (χ0v) is 27.9. The molecule has 15 heteroatoms. The molecule has 1 amide bonds. The van der Waals surface area contributed by atoms with Crippen LogP contribution in [0, 0.1) is 11.6 Å². The summed E-state index contributed by atoms with van der Waals surface area (Å²) < 4.78 is 58.8. The molecule has 266 valence electrons. The largest absolute Gasteiger partial charge is 0.493 e. The lowest BCUT2D eigenvalue weighted by atomic mass is 10.1. The average Bonchev–Trinajstić information content (AvgIpc) is 3.13. The number of fused-ring (bicyclic) bond motifs is 1. The van der Waals surface area contributed by atoms with Crippen LogP contribution in [0.3, 0.4) is 0 Å². The molecule has 3 heterocycles. The number of aryl methyl sites for hydroxylation is 1. The first-order chi connectivity index (χ1) is 24.7. The zero-order valence-electron chi connectivity index (χ0n) is 27.9. The van der Waals surface area contributed by atoms with Crippen LogP contribution in [-0.2, 0) is 11.3 Å². The van der Waals surface area contributed by atoms with Crippen LogP contribution in [-0.4, -0.2) is 71.7 Å². The van der Waals surface area contributed by atoms with Crippen molar-refractivity contribution >= 4 is 22.7 Å². The maximum Gasteiger partial charge on any atom is 0.417 e. The second-order valence-electron chi connectivity index (χ2n) is 11.4. The molecule has 1 fully saturated rings. The normalized spacial score (nSPS) is 13.2. The van der Waals surface area contributed by atoms with Crippen LogP contribution in [0.2, 0.25) is 0 Å². The molecule has 0 unspecified atom stereocenters. The van der Waals surface area contributed by atoms with E-state index in [1.807, 2.05) is 0 Å². The van der Waals surface area contributed by atoms with E-state index in [0.717, 1.165) is 72.8 Å². The Morgan fingerprint density at radius 1 is 0.941 bits per heavy atom. The number of ether oxygens (including phenoxy) is 5. The third-order valence-corrected chi connectivity index (χ3v) is 8.12. The average molecular weight is 704 g/mol. The number of benzene rings is 3. The van der Waals surface area contributed by atoms with E-state index in [9.17, 15) is 18.8 Å². The Morgan fingerprint density at radius 2 is 1.73 bits per heavy atom. The van der Waals surface area contributed by atoms with Crippen LogP contribution in [0.15, 0.2) is 82.6 Å². The fourth-order valence-electron chi connectivity index (χ4n) is 5.50. The highest BCUT2D eigenvalue weighted by Crippen LogP contribution is 2.38. The van der Waals surface area contributed by atoms with Crippen molar-refractivity contribution in [1.29, 1.82) is 0 Å². The summed E-state index contributed by atoms with van der Waals surface area (Å²) in [6, 6.07) is 13.5. The molecule has 0 radical (unpaired) electrons. The van der Waals surface area contributed by atoms with E-state index in [2.05, 4.69) is 15.2 Å². The van der Waals surface area contributed by atoms with E-state index < -0.39 is 34.7 Å². The number of amides is 1. The van der Waals surface area contributed by atoms with E-state index in [4.69, 9.17) is 23.7 Å². The first kappa shape index (κ1) is 35.0. The van der Waals surface area contributed by atoms with Crippen molar-refractivity contribution in [2.45, 2.75) is 19.9 Å². The standard InChI is InChI=1S/C36H35F2N5O8/c1-3-42-22-33(34(44)43(36(42)46)25-8-5-23(37)6-9-25)51-35(45)40-24-7-10-30(27(38)19-24)50-29-11-12-39-28-21-32(31(47-2)20-26(28)29)49-16-4-13-41-14-17-48-18-15-41/h5-12,19-22H,3-4,13-18H2,1-2H3,(H,40,45). The lowest BCUT2D eigenvalue weighted by molar-refractivity contribution is 0.0357. The third kappa shape index (κ3) is 8.16. The fourth-order valence-corrected chi connectivity index (χ4v) is 5.50. The van der Waals surface area contributed by atoms with Gasteiger partial charge in [0.2, 0.25) is 5.75 Å². The monoisotopic (exact) mass is 703 g/mol. The van der Waals surface area contributed by atoms with Gasteiger partial charge in [0, 0.05) is 55.6 Å². The number of halogens is 2. The number of pyridine rings is 1. The number of anilines is 1. The van der Waals surface area contributed by atoms with Crippen molar-refractivity contribution in [3.8, 4) is 34.4 Å². The van der Waals surface area contributed by atoms with Gasteiger partial charge >= 0.3 is 17.3 Å². The van der Waals surface area contributed by atoms with Crippen molar-refractivity contribution in [2.75, 3.05) is 51.9 Å². The van der Waals surface area contributed by atoms with Gasteiger partial charge in [0.25, 0.3) is 0 Å². The number of nitrogens with zero attached hydrogens (tertiary/aromatic N) is 4. The van der Waals surface area contributed by atoms with E-state index in [1.54, 1.807) is 25.1 Å². The lowest BCUT2D eigenvalue weighted by Crippen LogP contribution is -2.39. The molecule has 0 saturated carbocycles. The molecule has 5 aromatic rings. The molecular weight excluding hydrogens is 668 g/mol. The molecule has 13 nitrogen and oxygen atoms in total. The first-order valence-corrected chi connectivity index (χ1v) is 16.2. The number of nitrogens with one attached hydrogen (secondary N) is 1. The van der Waals surface area contributed by atoms with Gasteiger partial charge in [-0.3, -0.25) is 24.6 Å². The fraction of sp³-hybridized carbons (Fsp3) is 0.278. The predicted octanol–water partition coefficient (Wildman–Crippen LogP) is 5.36. The van der Waals surface area contributed by atoms with Crippen molar-refractivity contribution in [3.05, 3.63) is 106 Å². The minimum atomic E-state index is -1.11. The summed E-state index contributed by atoms with van der Waals surface area (Å²) in [4.78, 5) is 45.5. The van der Waals surface area contributed by atoms with Crippen LogP contribution >= 0.6 is 0 Å². The molecule has 1 saturated heterocycles. The molecule has 1 aliphatic rings. The smallest absolute Gasteiger partial charge is 0.417 e. The number of hydrogen-bond donors (Lipinski definition) is 1. The van der Waals surface area contributed by atoms with Gasteiger partial charge in [-0.2, -0.15) is 0 Å². The zero-order chi connectivity index (χ0) is 35.9. The van der Waals surface area contributed by atoms with Crippen molar-refractivity contribution in [2.24, 2.45) is 0 Å². The molecule has 3 aromatic carbocycles. The second kappa shape index (κ2) is 15.8. The molecule has 0 spiro atoms. The lowest BCUT2D eigenvalue weighted by Gasteiger charge is -2.26. The molecule has 1 aliphatic heterocycles. The van der Waals surface area contributed by atoms with Crippen molar-refractivity contribution in [3.63, 3.8) is 0 Å². The molecule has 2 aromatic heterocycles. The highest BCUT2D eigenvalue weighted by atomic mass is 19.1. The maximum atomic E-state index is 15.3. The Kier molecular flexibility index (Phi) is 10.9. The van der Waals surface area contributed by atoms with Gasteiger partial charge in [0.05, 0.1) is 44.3 Å². The summed E-state index contributed by atoms with van der Waals surface area (Å²) in [5.41, 5.74) is -1.01. The number of methoxy groups -OCH3 is 1. The van der Waals surface area contributed by atoms with Crippen molar-refractivity contribution in [1.82, 2.24) is 19.0 Å². The van der Waals surface area contributed by atoms with Crippen LogP contribution in [0.5, 0.6) is 28.7 Å². The van der Waals surface area contributed by atoms with Gasteiger partial charge in [-0.15, -0.1) is 0 Å². The van der Waals surface area contributed by atoms with Crippen LogP contribution in [0.4, 0.5) is 19.3 Å². The summed E-state index contributed by atoms with van der Waals surface area (Å²) in [5, 5.41) is 2.92. The first-order valence-electron chi connectivity index (χ1n) is 16.2. The van der Waals surface area contributed by atoms with Gasteiger partial charge in [0.15, 0.2) is 23.1 Å². The Bertz CT molecular complexity index is 2150. The predicted molar refractivity (Wildman–Crippen MR) is 184 cm³/mol. The Balaban J connectivity index is 1.14.